The van der Waals surface area contributed by atoms with Crippen LogP contribution in [0.3, 0.4) is 0 Å². The van der Waals surface area contributed by atoms with E-state index in [1.807, 2.05) is 30.3 Å². The molecule has 0 atom stereocenters. The van der Waals surface area contributed by atoms with Crippen molar-refractivity contribution in [2.45, 2.75) is 6.92 Å². The number of nitrogens with zero attached hydrogens (tertiary/aromatic N) is 1. The van der Waals surface area contributed by atoms with E-state index >= 15 is 0 Å². The van der Waals surface area contributed by atoms with Crippen LogP contribution in [-0.2, 0) is 0 Å². The number of anilines is 1. The van der Waals surface area contributed by atoms with Gasteiger partial charge in [0, 0.05) is 17.3 Å². The van der Waals surface area contributed by atoms with Gasteiger partial charge in [-0.15, -0.1) is 0 Å². The Morgan fingerprint density at radius 3 is 2.19 bits per heavy atom. The van der Waals surface area contributed by atoms with Crippen molar-refractivity contribution >= 4 is 11.6 Å². The lowest BCUT2D eigenvalue weighted by atomic mass is 10.0. The fourth-order valence-corrected chi connectivity index (χ4v) is 1.47. The van der Waals surface area contributed by atoms with E-state index in [2.05, 4.69) is 4.98 Å². The molecule has 3 nitrogen and oxygen atoms in total. The molecule has 0 aliphatic carbocycles. The Kier molecular flexibility index (Phi) is 2.68. The third kappa shape index (κ3) is 2.08. The fourth-order valence-electron chi connectivity index (χ4n) is 1.47. The van der Waals surface area contributed by atoms with Gasteiger partial charge < -0.3 is 5.73 Å². The molecule has 16 heavy (non-hydrogen) atoms. The SMILES string of the molecule is CC(=O)c1ccc(-c2ccc(N)nc2)cc1. The van der Waals surface area contributed by atoms with Crippen LogP contribution >= 0.6 is 0 Å². The molecule has 0 radical (unpaired) electrons. The van der Waals surface area contributed by atoms with Crippen LogP contribution in [-0.4, -0.2) is 10.8 Å². The summed E-state index contributed by atoms with van der Waals surface area (Å²) in [6, 6.07) is 11.1. The van der Waals surface area contributed by atoms with Crippen molar-refractivity contribution in [2.75, 3.05) is 5.73 Å². The predicted octanol–water partition coefficient (Wildman–Crippen LogP) is 2.53. The maximum Gasteiger partial charge on any atom is 0.159 e. The molecule has 0 aliphatic heterocycles. The van der Waals surface area contributed by atoms with E-state index in [0.29, 0.717) is 11.4 Å². The number of carbonyl (C=O) groups is 1. The molecule has 2 aromatic rings. The first-order chi connectivity index (χ1) is 7.66. The van der Waals surface area contributed by atoms with Crippen LogP contribution in [0.4, 0.5) is 5.82 Å². The van der Waals surface area contributed by atoms with Crippen LogP contribution < -0.4 is 5.73 Å². The summed E-state index contributed by atoms with van der Waals surface area (Å²) in [7, 11) is 0. The van der Waals surface area contributed by atoms with Gasteiger partial charge in [-0.25, -0.2) is 4.98 Å². The van der Waals surface area contributed by atoms with Crippen molar-refractivity contribution in [3.8, 4) is 11.1 Å². The topological polar surface area (TPSA) is 56.0 Å². The number of carbonyl (C=O) groups excluding carboxylic acids is 1. The van der Waals surface area contributed by atoms with Gasteiger partial charge in [-0.1, -0.05) is 24.3 Å². The Hall–Kier alpha value is -2.16. The number of nitrogen functional groups attached to an aromatic ring is 1. The van der Waals surface area contributed by atoms with Gasteiger partial charge in [-0.05, 0) is 24.6 Å². The molecule has 0 saturated heterocycles. The minimum Gasteiger partial charge on any atom is -0.384 e. The van der Waals surface area contributed by atoms with E-state index in [-0.39, 0.29) is 5.78 Å². The van der Waals surface area contributed by atoms with E-state index in [0.717, 1.165) is 11.1 Å². The van der Waals surface area contributed by atoms with Gasteiger partial charge in [0.2, 0.25) is 0 Å². The summed E-state index contributed by atoms with van der Waals surface area (Å²) in [5.41, 5.74) is 8.24. The van der Waals surface area contributed by atoms with Crippen molar-refractivity contribution in [3.05, 3.63) is 48.2 Å². The summed E-state index contributed by atoms with van der Waals surface area (Å²) < 4.78 is 0. The molecule has 2 N–H and O–H groups in total. The summed E-state index contributed by atoms with van der Waals surface area (Å²) >= 11 is 0. The number of nitrogens with two attached hydrogens (primary N) is 1. The number of hydrogen-bond acceptors (Lipinski definition) is 3. The van der Waals surface area contributed by atoms with Crippen molar-refractivity contribution in [1.29, 1.82) is 0 Å². The van der Waals surface area contributed by atoms with Crippen LogP contribution in [0.2, 0.25) is 0 Å². The van der Waals surface area contributed by atoms with Gasteiger partial charge in [0.15, 0.2) is 5.78 Å². The zero-order valence-corrected chi connectivity index (χ0v) is 8.97. The van der Waals surface area contributed by atoms with Gasteiger partial charge in [0.25, 0.3) is 0 Å². The maximum atomic E-state index is 11.1. The highest BCUT2D eigenvalue weighted by Crippen LogP contribution is 2.19. The Morgan fingerprint density at radius 1 is 1.06 bits per heavy atom. The van der Waals surface area contributed by atoms with Crippen molar-refractivity contribution < 1.29 is 4.79 Å². The first kappa shape index (κ1) is 10.4. The molecule has 1 aromatic carbocycles. The largest absolute Gasteiger partial charge is 0.384 e. The second-order valence-electron chi connectivity index (χ2n) is 3.61. The van der Waals surface area contributed by atoms with Crippen molar-refractivity contribution in [2.24, 2.45) is 0 Å². The molecule has 0 saturated carbocycles. The number of hydrogen-bond donors (Lipinski definition) is 1. The van der Waals surface area contributed by atoms with E-state index in [9.17, 15) is 4.79 Å². The van der Waals surface area contributed by atoms with Crippen molar-refractivity contribution in [1.82, 2.24) is 4.98 Å². The van der Waals surface area contributed by atoms with E-state index < -0.39 is 0 Å². The van der Waals surface area contributed by atoms with Gasteiger partial charge in [-0.3, -0.25) is 4.79 Å². The Labute approximate surface area is 93.9 Å². The highest BCUT2D eigenvalue weighted by Gasteiger charge is 2.01. The fraction of sp³-hybridized carbons (Fsp3) is 0.0769. The molecule has 0 fully saturated rings. The summed E-state index contributed by atoms with van der Waals surface area (Å²) in [4.78, 5) is 15.1. The zero-order valence-electron chi connectivity index (χ0n) is 8.97. The summed E-state index contributed by atoms with van der Waals surface area (Å²) in [5.74, 6) is 0.575. The minimum absolute atomic E-state index is 0.0713. The van der Waals surface area contributed by atoms with Gasteiger partial charge >= 0.3 is 0 Å². The molecule has 1 heterocycles. The lowest BCUT2D eigenvalue weighted by Gasteiger charge is -2.02. The molecule has 80 valence electrons. The third-order valence-corrected chi connectivity index (χ3v) is 2.41. The maximum absolute atomic E-state index is 11.1. The summed E-state index contributed by atoms with van der Waals surface area (Å²) in [6.07, 6.45) is 1.72. The van der Waals surface area contributed by atoms with E-state index in [4.69, 9.17) is 5.73 Å². The molecule has 0 spiro atoms. The third-order valence-electron chi connectivity index (χ3n) is 2.41. The number of pyridine rings is 1. The molecular weight excluding hydrogens is 200 g/mol. The molecule has 1 aromatic heterocycles. The average Bonchev–Trinajstić information content (AvgIpc) is 2.30. The molecule has 2 rings (SSSR count). The second-order valence-corrected chi connectivity index (χ2v) is 3.61. The lowest BCUT2D eigenvalue weighted by molar-refractivity contribution is 0.101. The Morgan fingerprint density at radius 2 is 1.69 bits per heavy atom. The van der Waals surface area contributed by atoms with Crippen LogP contribution in [0.5, 0.6) is 0 Å². The summed E-state index contributed by atoms with van der Waals surface area (Å²) in [6.45, 7) is 1.56. The molecule has 0 aliphatic rings. The Bertz CT molecular complexity index is 500. The lowest BCUT2D eigenvalue weighted by Crippen LogP contribution is -1.92. The molecule has 0 bridgehead atoms. The first-order valence-electron chi connectivity index (χ1n) is 5.00. The molecule has 3 heteroatoms. The van der Waals surface area contributed by atoms with E-state index in [1.54, 1.807) is 19.2 Å². The highest BCUT2D eigenvalue weighted by molar-refractivity contribution is 5.94. The van der Waals surface area contributed by atoms with Crippen LogP contribution in [0, 0.1) is 0 Å². The number of benzene rings is 1. The number of Topliss-reactive ketones (excluding diaryl/α,β-unsaturated/α-hetero) is 1. The minimum atomic E-state index is 0.0713. The standard InChI is InChI=1S/C13H12N2O/c1-9(16)10-2-4-11(5-3-10)12-6-7-13(14)15-8-12/h2-8H,1H3,(H2,14,15). The summed E-state index contributed by atoms with van der Waals surface area (Å²) in [5, 5.41) is 0. The van der Waals surface area contributed by atoms with Crippen LogP contribution in [0.1, 0.15) is 17.3 Å². The average molecular weight is 212 g/mol. The quantitative estimate of drug-likeness (QED) is 0.778. The predicted molar refractivity (Wildman–Crippen MR) is 64.1 cm³/mol. The van der Waals surface area contributed by atoms with Crippen molar-refractivity contribution in [3.63, 3.8) is 0 Å². The first-order valence-corrected chi connectivity index (χ1v) is 5.00. The highest BCUT2D eigenvalue weighted by atomic mass is 16.1. The molecular formula is C13H12N2O. The van der Waals surface area contributed by atoms with Gasteiger partial charge in [0.05, 0.1) is 0 Å². The number of aromatic nitrogens is 1. The van der Waals surface area contributed by atoms with Crippen LogP contribution in [0.15, 0.2) is 42.6 Å². The molecule has 0 unspecified atom stereocenters. The monoisotopic (exact) mass is 212 g/mol. The van der Waals surface area contributed by atoms with Gasteiger partial charge in [-0.2, -0.15) is 0 Å². The second kappa shape index (κ2) is 4.14. The smallest absolute Gasteiger partial charge is 0.159 e. The molecule has 0 amide bonds. The number of rotatable bonds is 2. The van der Waals surface area contributed by atoms with E-state index in [1.165, 1.54) is 0 Å². The zero-order chi connectivity index (χ0) is 11.5. The van der Waals surface area contributed by atoms with Crippen LogP contribution in [0.25, 0.3) is 11.1 Å². The Balaban J connectivity index is 2.34. The van der Waals surface area contributed by atoms with Gasteiger partial charge in [0.1, 0.15) is 5.82 Å². The normalized spacial score (nSPS) is 10.1. The number of ketones is 1.